The topological polar surface area (TPSA) is 52.6 Å². The first-order chi connectivity index (χ1) is 11.2. The fourth-order valence-electron chi connectivity index (χ4n) is 1.85. The van der Waals surface area contributed by atoms with Crippen LogP contribution in [-0.4, -0.2) is 18.5 Å². The van der Waals surface area contributed by atoms with E-state index in [4.69, 9.17) is 9.47 Å². The van der Waals surface area contributed by atoms with Gasteiger partial charge in [-0.05, 0) is 17.2 Å². The van der Waals surface area contributed by atoms with Crippen LogP contribution in [0.4, 0.5) is 0 Å². The summed E-state index contributed by atoms with van der Waals surface area (Å²) in [6, 6.07) is 19.0. The maximum absolute atomic E-state index is 11.5. The maximum Gasteiger partial charge on any atom is 0.317 e. The molecule has 0 spiro atoms. The summed E-state index contributed by atoms with van der Waals surface area (Å²) < 4.78 is 9.98. The summed E-state index contributed by atoms with van der Waals surface area (Å²) in [5.41, 5.74) is 1.89. The number of carbonyl (C=O) groups is 2. The Labute approximate surface area is 135 Å². The number of carbonyl (C=O) groups excluding carboxylic acids is 2. The van der Waals surface area contributed by atoms with Crippen molar-refractivity contribution in [2.24, 2.45) is 0 Å². The third-order valence-corrected chi connectivity index (χ3v) is 2.98. The molecule has 0 aliphatic heterocycles. The van der Waals surface area contributed by atoms with Crippen molar-refractivity contribution < 1.29 is 19.1 Å². The molecule has 118 valence electrons. The van der Waals surface area contributed by atoms with Gasteiger partial charge in [-0.25, -0.2) is 0 Å². The minimum absolute atomic E-state index is 0.125. The Morgan fingerprint density at radius 1 is 0.826 bits per heavy atom. The molecule has 23 heavy (non-hydrogen) atoms. The third kappa shape index (κ3) is 6.61. The average molecular weight is 310 g/mol. The van der Waals surface area contributed by atoms with Crippen molar-refractivity contribution in [3.05, 3.63) is 77.9 Å². The molecule has 0 aliphatic rings. The summed E-state index contributed by atoms with van der Waals surface area (Å²) in [5.74, 6) is -1.19. The number of rotatable bonds is 7. The smallest absolute Gasteiger partial charge is 0.317 e. The summed E-state index contributed by atoms with van der Waals surface area (Å²) in [5, 5.41) is 0. The Morgan fingerprint density at radius 3 is 2.13 bits per heavy atom. The normalized spacial score (nSPS) is 10.4. The van der Waals surface area contributed by atoms with Gasteiger partial charge in [0.25, 0.3) is 0 Å². The molecule has 0 aliphatic carbocycles. The van der Waals surface area contributed by atoms with E-state index in [1.807, 2.05) is 66.7 Å². The van der Waals surface area contributed by atoms with Crippen molar-refractivity contribution in [3.63, 3.8) is 0 Å². The Bertz CT molecular complexity index is 648. The van der Waals surface area contributed by atoms with Crippen LogP contribution in [0.2, 0.25) is 0 Å². The van der Waals surface area contributed by atoms with Crippen molar-refractivity contribution in [2.75, 3.05) is 6.61 Å². The highest BCUT2D eigenvalue weighted by Crippen LogP contribution is 2.03. The summed E-state index contributed by atoms with van der Waals surface area (Å²) in [6.07, 6.45) is 3.19. The molecule has 4 heteroatoms. The van der Waals surface area contributed by atoms with Crippen LogP contribution in [0.1, 0.15) is 17.5 Å². The van der Waals surface area contributed by atoms with E-state index in [2.05, 4.69) is 0 Å². The van der Waals surface area contributed by atoms with Gasteiger partial charge in [-0.3, -0.25) is 9.59 Å². The van der Waals surface area contributed by atoms with Gasteiger partial charge in [-0.2, -0.15) is 0 Å². The van der Waals surface area contributed by atoms with Gasteiger partial charge in [-0.15, -0.1) is 0 Å². The molecule has 0 radical (unpaired) electrons. The van der Waals surface area contributed by atoms with Gasteiger partial charge >= 0.3 is 11.9 Å². The van der Waals surface area contributed by atoms with Gasteiger partial charge < -0.3 is 9.47 Å². The fraction of sp³-hybridized carbons (Fsp3) is 0.158. The van der Waals surface area contributed by atoms with E-state index in [1.54, 1.807) is 6.08 Å². The van der Waals surface area contributed by atoms with Crippen molar-refractivity contribution in [1.29, 1.82) is 0 Å². The van der Waals surface area contributed by atoms with Gasteiger partial charge in [0, 0.05) is 0 Å². The van der Waals surface area contributed by atoms with Crippen LogP contribution in [0.5, 0.6) is 0 Å². The van der Waals surface area contributed by atoms with E-state index in [9.17, 15) is 9.59 Å². The minimum Gasteiger partial charge on any atom is -0.461 e. The largest absolute Gasteiger partial charge is 0.461 e. The first-order valence-electron chi connectivity index (χ1n) is 7.31. The Hall–Kier alpha value is -2.88. The van der Waals surface area contributed by atoms with Gasteiger partial charge in [0.15, 0.2) is 0 Å². The molecular weight excluding hydrogens is 292 g/mol. The molecular formula is C19H18O4. The number of ether oxygens (including phenoxy) is 2. The van der Waals surface area contributed by atoms with Crippen molar-refractivity contribution in [1.82, 2.24) is 0 Å². The van der Waals surface area contributed by atoms with Crippen LogP contribution < -0.4 is 0 Å². The zero-order valence-electron chi connectivity index (χ0n) is 12.7. The summed E-state index contributed by atoms with van der Waals surface area (Å²) in [7, 11) is 0. The highest BCUT2D eigenvalue weighted by molar-refractivity contribution is 5.91. The van der Waals surface area contributed by atoms with Gasteiger partial charge in [0.05, 0.1) is 0 Å². The molecule has 0 bridgehead atoms. The van der Waals surface area contributed by atoms with E-state index < -0.39 is 11.9 Å². The molecule has 2 aromatic carbocycles. The molecule has 0 N–H and O–H groups in total. The summed E-state index contributed by atoms with van der Waals surface area (Å²) in [6.45, 7) is 0.278. The number of hydrogen-bond donors (Lipinski definition) is 0. The van der Waals surface area contributed by atoms with Crippen molar-refractivity contribution in [2.45, 2.75) is 13.0 Å². The Morgan fingerprint density at radius 2 is 1.43 bits per heavy atom. The quantitative estimate of drug-likeness (QED) is 0.581. The highest BCUT2D eigenvalue weighted by Gasteiger charge is 2.11. The lowest BCUT2D eigenvalue weighted by Gasteiger charge is -2.04. The predicted octanol–water partition coefficient (Wildman–Crippen LogP) is 3.38. The number of esters is 2. The average Bonchev–Trinajstić information content (AvgIpc) is 2.59. The first kappa shape index (κ1) is 16.5. The van der Waals surface area contributed by atoms with Crippen LogP contribution in [0.15, 0.2) is 66.7 Å². The van der Waals surface area contributed by atoms with Gasteiger partial charge in [-0.1, -0.05) is 66.7 Å². The van der Waals surface area contributed by atoms with Crippen LogP contribution in [0, 0.1) is 0 Å². The molecule has 2 rings (SSSR count). The number of benzene rings is 2. The second kappa shape index (κ2) is 9.20. The molecule has 0 heterocycles. The van der Waals surface area contributed by atoms with Crippen molar-refractivity contribution in [3.8, 4) is 0 Å². The van der Waals surface area contributed by atoms with E-state index in [1.165, 1.54) is 0 Å². The van der Waals surface area contributed by atoms with Crippen LogP contribution in [0.25, 0.3) is 6.08 Å². The fourth-order valence-corrected chi connectivity index (χ4v) is 1.85. The second-order valence-corrected chi connectivity index (χ2v) is 4.82. The minimum atomic E-state index is -0.597. The zero-order chi connectivity index (χ0) is 16.3. The molecule has 0 fully saturated rings. The standard InChI is InChI=1S/C19H18O4/c20-18(22-13-7-12-16-8-3-1-4-9-16)14-19(21)23-15-17-10-5-2-6-11-17/h1-12H,13-15H2/b12-7+. The maximum atomic E-state index is 11.5. The monoisotopic (exact) mass is 310 g/mol. The van der Waals surface area contributed by atoms with Gasteiger partial charge in [0.2, 0.25) is 0 Å². The molecule has 0 atom stereocenters. The summed E-state index contributed by atoms with van der Waals surface area (Å²) in [4.78, 5) is 23.1. The molecule has 0 saturated carbocycles. The lowest BCUT2D eigenvalue weighted by Crippen LogP contribution is -2.13. The Balaban J connectivity index is 1.64. The molecule has 2 aromatic rings. The molecule has 0 amide bonds. The lowest BCUT2D eigenvalue weighted by atomic mass is 10.2. The van der Waals surface area contributed by atoms with E-state index >= 15 is 0 Å². The summed E-state index contributed by atoms with van der Waals surface area (Å²) >= 11 is 0. The van der Waals surface area contributed by atoms with Crippen LogP contribution in [-0.2, 0) is 25.7 Å². The zero-order valence-corrected chi connectivity index (χ0v) is 12.7. The van der Waals surface area contributed by atoms with Crippen LogP contribution >= 0.6 is 0 Å². The van der Waals surface area contributed by atoms with Crippen LogP contribution in [0.3, 0.4) is 0 Å². The van der Waals surface area contributed by atoms with Gasteiger partial charge in [0.1, 0.15) is 19.6 Å². The van der Waals surface area contributed by atoms with Crippen molar-refractivity contribution >= 4 is 18.0 Å². The molecule has 0 saturated heterocycles. The first-order valence-corrected chi connectivity index (χ1v) is 7.31. The Kier molecular flexibility index (Phi) is 6.60. The SMILES string of the molecule is O=C(CC(=O)OCc1ccccc1)OC/C=C/c1ccccc1. The molecule has 0 aromatic heterocycles. The second-order valence-electron chi connectivity index (χ2n) is 4.82. The van der Waals surface area contributed by atoms with E-state index in [0.29, 0.717) is 0 Å². The molecule has 4 nitrogen and oxygen atoms in total. The highest BCUT2D eigenvalue weighted by atomic mass is 16.6. The molecule has 0 unspecified atom stereocenters. The predicted molar refractivity (Wildman–Crippen MR) is 87.3 cm³/mol. The van der Waals surface area contributed by atoms with E-state index in [-0.39, 0.29) is 19.6 Å². The third-order valence-electron chi connectivity index (χ3n) is 2.98. The lowest BCUT2D eigenvalue weighted by molar-refractivity contribution is -0.154. The van der Waals surface area contributed by atoms with E-state index in [0.717, 1.165) is 11.1 Å². The number of hydrogen-bond acceptors (Lipinski definition) is 4.